The van der Waals surface area contributed by atoms with Gasteiger partial charge >= 0.3 is 0 Å². The molecule has 1 atom stereocenters. The summed E-state index contributed by atoms with van der Waals surface area (Å²) in [6.07, 6.45) is 1.72. The Hall–Kier alpha value is -1.26. The lowest BCUT2D eigenvalue weighted by molar-refractivity contribution is 0.530. The molecule has 1 N–H and O–H groups in total. The lowest BCUT2D eigenvalue weighted by atomic mass is 10.0. The molecule has 96 valence electrons. The van der Waals surface area contributed by atoms with Crippen LogP contribution in [-0.4, -0.2) is 7.05 Å². The zero-order valence-electron chi connectivity index (χ0n) is 10.1. The minimum absolute atomic E-state index is 0.0303. The summed E-state index contributed by atoms with van der Waals surface area (Å²) in [5, 5.41) is 5.14. The van der Waals surface area contributed by atoms with Crippen LogP contribution in [0.15, 0.2) is 35.7 Å². The Kier molecular flexibility index (Phi) is 4.44. The maximum absolute atomic E-state index is 13.2. The molecule has 0 spiro atoms. The van der Waals surface area contributed by atoms with E-state index in [9.17, 15) is 8.78 Å². The van der Waals surface area contributed by atoms with E-state index in [2.05, 4.69) is 11.4 Å². The number of benzene rings is 1. The zero-order valence-corrected chi connectivity index (χ0v) is 10.9. The standard InChI is InChI=1S/C14H15F2NS/c1-17-14(5-4-13-3-2-6-18-13)10-7-11(15)9-12(16)8-10/h2-3,6-9,14,17H,4-5H2,1H3. The zero-order chi connectivity index (χ0) is 13.0. The normalized spacial score (nSPS) is 12.6. The smallest absolute Gasteiger partial charge is 0.126 e. The van der Waals surface area contributed by atoms with Crippen molar-refractivity contribution in [3.8, 4) is 0 Å². The number of aryl methyl sites for hydroxylation is 1. The van der Waals surface area contributed by atoms with E-state index in [0.717, 1.165) is 18.9 Å². The average Bonchev–Trinajstić information content (AvgIpc) is 2.81. The molecule has 18 heavy (non-hydrogen) atoms. The Morgan fingerprint density at radius 3 is 2.50 bits per heavy atom. The predicted molar refractivity (Wildman–Crippen MR) is 70.8 cm³/mol. The summed E-state index contributed by atoms with van der Waals surface area (Å²) in [6.45, 7) is 0. The van der Waals surface area contributed by atoms with Gasteiger partial charge in [0.15, 0.2) is 0 Å². The molecule has 0 aliphatic heterocycles. The van der Waals surface area contributed by atoms with Crippen molar-refractivity contribution < 1.29 is 8.78 Å². The number of hydrogen-bond acceptors (Lipinski definition) is 2. The molecule has 1 unspecified atom stereocenters. The third-order valence-corrected chi connectivity index (χ3v) is 3.83. The van der Waals surface area contributed by atoms with Gasteiger partial charge in [0, 0.05) is 17.0 Å². The van der Waals surface area contributed by atoms with Gasteiger partial charge in [-0.15, -0.1) is 11.3 Å². The van der Waals surface area contributed by atoms with Crippen LogP contribution in [0.1, 0.15) is 22.9 Å². The van der Waals surface area contributed by atoms with Crippen LogP contribution in [-0.2, 0) is 6.42 Å². The Balaban J connectivity index is 2.07. The molecule has 0 aliphatic carbocycles. The molecule has 0 saturated carbocycles. The Bertz CT molecular complexity index is 476. The van der Waals surface area contributed by atoms with Crippen LogP contribution < -0.4 is 5.32 Å². The number of thiophene rings is 1. The van der Waals surface area contributed by atoms with Crippen molar-refractivity contribution in [3.05, 3.63) is 57.8 Å². The van der Waals surface area contributed by atoms with Crippen molar-refractivity contribution in [2.24, 2.45) is 0 Å². The number of nitrogens with one attached hydrogen (secondary N) is 1. The second kappa shape index (κ2) is 6.07. The van der Waals surface area contributed by atoms with Crippen molar-refractivity contribution >= 4 is 11.3 Å². The van der Waals surface area contributed by atoms with Crippen LogP contribution in [0.3, 0.4) is 0 Å². The number of halogens is 2. The topological polar surface area (TPSA) is 12.0 Å². The molecule has 0 bridgehead atoms. The maximum atomic E-state index is 13.2. The molecule has 1 aromatic heterocycles. The van der Waals surface area contributed by atoms with Crippen molar-refractivity contribution in [1.29, 1.82) is 0 Å². The minimum atomic E-state index is -0.527. The molecule has 0 amide bonds. The Morgan fingerprint density at radius 2 is 1.94 bits per heavy atom. The number of rotatable bonds is 5. The quantitative estimate of drug-likeness (QED) is 0.865. The summed E-state index contributed by atoms with van der Waals surface area (Å²) < 4.78 is 26.3. The monoisotopic (exact) mass is 267 g/mol. The fourth-order valence-corrected chi connectivity index (χ4v) is 2.72. The third-order valence-electron chi connectivity index (χ3n) is 2.90. The van der Waals surface area contributed by atoms with Crippen molar-refractivity contribution in [2.75, 3.05) is 7.05 Å². The molecule has 0 aliphatic rings. The first-order valence-electron chi connectivity index (χ1n) is 5.84. The fraction of sp³-hybridized carbons (Fsp3) is 0.286. The first-order valence-corrected chi connectivity index (χ1v) is 6.72. The highest BCUT2D eigenvalue weighted by Gasteiger charge is 2.12. The molecule has 0 radical (unpaired) electrons. The fourth-order valence-electron chi connectivity index (χ4n) is 2.00. The van der Waals surface area contributed by atoms with Gasteiger partial charge in [0.25, 0.3) is 0 Å². The Morgan fingerprint density at radius 1 is 1.22 bits per heavy atom. The van der Waals surface area contributed by atoms with Gasteiger partial charge in [0.2, 0.25) is 0 Å². The van der Waals surface area contributed by atoms with E-state index in [1.54, 1.807) is 11.3 Å². The van der Waals surface area contributed by atoms with E-state index >= 15 is 0 Å². The molecule has 1 nitrogen and oxygen atoms in total. The largest absolute Gasteiger partial charge is 0.313 e. The Labute approximate surface area is 109 Å². The summed E-state index contributed by atoms with van der Waals surface area (Å²) in [6, 6.07) is 7.73. The van der Waals surface area contributed by atoms with Crippen LogP contribution >= 0.6 is 11.3 Å². The molecular weight excluding hydrogens is 252 g/mol. The summed E-state index contributed by atoms with van der Waals surface area (Å²) in [7, 11) is 1.81. The lowest BCUT2D eigenvalue weighted by Gasteiger charge is -2.16. The van der Waals surface area contributed by atoms with Crippen LogP contribution in [0.5, 0.6) is 0 Å². The third kappa shape index (κ3) is 3.37. The summed E-state index contributed by atoms with van der Waals surface area (Å²) in [5.41, 5.74) is 0.659. The van der Waals surface area contributed by atoms with Gasteiger partial charge in [-0.25, -0.2) is 8.78 Å². The van der Waals surface area contributed by atoms with Crippen LogP contribution in [0, 0.1) is 11.6 Å². The second-order valence-corrected chi connectivity index (χ2v) is 5.19. The van der Waals surface area contributed by atoms with Crippen LogP contribution in [0.2, 0.25) is 0 Å². The SMILES string of the molecule is CNC(CCc1cccs1)c1cc(F)cc(F)c1. The van der Waals surface area contributed by atoms with Crippen molar-refractivity contribution in [3.63, 3.8) is 0 Å². The van der Waals surface area contributed by atoms with E-state index in [1.807, 2.05) is 18.5 Å². The van der Waals surface area contributed by atoms with Gasteiger partial charge in [-0.1, -0.05) is 6.07 Å². The second-order valence-electron chi connectivity index (χ2n) is 4.16. The first-order chi connectivity index (χ1) is 8.69. The maximum Gasteiger partial charge on any atom is 0.126 e. The molecular formula is C14H15F2NS. The average molecular weight is 267 g/mol. The van der Waals surface area contributed by atoms with E-state index < -0.39 is 11.6 Å². The highest BCUT2D eigenvalue weighted by atomic mass is 32.1. The molecule has 4 heteroatoms. The highest BCUT2D eigenvalue weighted by Crippen LogP contribution is 2.22. The van der Waals surface area contributed by atoms with Gasteiger partial charge in [-0.3, -0.25) is 0 Å². The summed E-state index contributed by atoms with van der Waals surface area (Å²) in [4.78, 5) is 1.28. The molecule has 2 aromatic rings. The van der Waals surface area contributed by atoms with Gasteiger partial charge in [-0.05, 0) is 49.0 Å². The molecule has 0 saturated heterocycles. The molecule has 0 fully saturated rings. The van der Waals surface area contributed by atoms with Gasteiger partial charge in [0.05, 0.1) is 0 Å². The van der Waals surface area contributed by atoms with Crippen LogP contribution in [0.4, 0.5) is 8.78 Å². The number of hydrogen-bond donors (Lipinski definition) is 1. The summed E-state index contributed by atoms with van der Waals surface area (Å²) >= 11 is 1.70. The van der Waals surface area contributed by atoms with Gasteiger partial charge in [0.1, 0.15) is 11.6 Å². The molecule has 1 aromatic carbocycles. The van der Waals surface area contributed by atoms with Crippen LogP contribution in [0.25, 0.3) is 0 Å². The van der Waals surface area contributed by atoms with Crippen molar-refractivity contribution in [2.45, 2.75) is 18.9 Å². The molecule has 1 heterocycles. The van der Waals surface area contributed by atoms with E-state index in [0.29, 0.717) is 5.56 Å². The lowest BCUT2D eigenvalue weighted by Crippen LogP contribution is -2.17. The van der Waals surface area contributed by atoms with E-state index in [4.69, 9.17) is 0 Å². The predicted octanol–water partition coefficient (Wildman–Crippen LogP) is 3.92. The van der Waals surface area contributed by atoms with Gasteiger partial charge in [-0.2, -0.15) is 0 Å². The molecule has 2 rings (SSSR count). The van der Waals surface area contributed by atoms with Gasteiger partial charge < -0.3 is 5.32 Å². The first kappa shape index (κ1) is 13.2. The van der Waals surface area contributed by atoms with Crippen molar-refractivity contribution in [1.82, 2.24) is 5.32 Å². The van der Waals surface area contributed by atoms with E-state index in [1.165, 1.54) is 17.0 Å². The highest BCUT2D eigenvalue weighted by molar-refractivity contribution is 7.09. The minimum Gasteiger partial charge on any atom is -0.313 e. The summed E-state index contributed by atoms with van der Waals surface area (Å²) in [5.74, 6) is -1.05. The van der Waals surface area contributed by atoms with E-state index in [-0.39, 0.29) is 6.04 Å².